The molecule has 0 aliphatic rings. The fourth-order valence-corrected chi connectivity index (χ4v) is 12.6. The van der Waals surface area contributed by atoms with Gasteiger partial charge in [-0.1, -0.05) is 88.8 Å². The molecule has 0 amide bonds. The predicted octanol–water partition coefficient (Wildman–Crippen LogP) is 7.54. The molecule has 1 nitrogen and oxygen atoms in total. The second-order valence-electron chi connectivity index (χ2n) is 7.35. The van der Waals surface area contributed by atoms with Gasteiger partial charge in [0.1, 0.15) is 0 Å². The largest absolute Gasteiger partial charge is 0.449 e. The molecule has 136 valence electrons. The summed E-state index contributed by atoms with van der Waals surface area (Å²) >= 11 is 0. The minimum Gasteiger partial charge on any atom is -0.449 e. The van der Waals surface area contributed by atoms with Crippen molar-refractivity contribution in [2.24, 2.45) is 0 Å². The van der Waals surface area contributed by atoms with Crippen LogP contribution in [0.1, 0.15) is 79.1 Å². The number of hydrogen-bond acceptors (Lipinski definition) is 1. The van der Waals surface area contributed by atoms with Crippen molar-refractivity contribution >= 4 is 16.6 Å². The van der Waals surface area contributed by atoms with Crippen LogP contribution in [0.15, 0.2) is 23.6 Å². The van der Waals surface area contributed by atoms with E-state index in [1.165, 1.54) is 63.5 Å². The van der Waals surface area contributed by atoms with Crippen molar-refractivity contribution in [1.29, 1.82) is 0 Å². The van der Waals surface area contributed by atoms with Crippen LogP contribution in [0, 0.1) is 0 Å². The van der Waals surface area contributed by atoms with E-state index in [-0.39, 0.29) is 0 Å². The van der Waals surface area contributed by atoms with Gasteiger partial charge in [0.05, 0.1) is 0 Å². The van der Waals surface area contributed by atoms with Crippen molar-refractivity contribution in [3.63, 3.8) is 0 Å². The van der Waals surface area contributed by atoms with Crippen LogP contribution in [0.3, 0.4) is 0 Å². The third-order valence-electron chi connectivity index (χ3n) is 4.56. The monoisotopic (exact) mass is 354 g/mol. The Morgan fingerprint density at radius 3 is 1.35 bits per heavy atom. The van der Waals surface area contributed by atoms with Crippen LogP contribution in [0.25, 0.3) is 0 Å². The molecule has 3 heteroatoms. The van der Waals surface area contributed by atoms with Gasteiger partial charge >= 0.3 is 0 Å². The molecule has 2 atom stereocenters. The lowest BCUT2D eigenvalue weighted by molar-refractivity contribution is 0.533. The van der Waals surface area contributed by atoms with Crippen LogP contribution in [0.2, 0.25) is 25.2 Å². The minimum absolute atomic E-state index is 1.28. The fourth-order valence-electron chi connectivity index (χ4n) is 3.38. The van der Waals surface area contributed by atoms with Crippen molar-refractivity contribution in [3.05, 3.63) is 23.6 Å². The highest BCUT2D eigenvalue weighted by Gasteiger charge is 2.35. The minimum atomic E-state index is -1.71. The molecule has 0 heterocycles. The summed E-state index contributed by atoms with van der Waals surface area (Å²) in [6, 6.07) is 2.57. The number of rotatable bonds is 14. The molecule has 0 radical (unpaired) electrons. The van der Waals surface area contributed by atoms with Gasteiger partial charge in [0.2, 0.25) is 16.6 Å². The van der Waals surface area contributed by atoms with Gasteiger partial charge in [-0.25, -0.2) is 0 Å². The van der Waals surface area contributed by atoms with Crippen LogP contribution >= 0.6 is 0 Å². The maximum atomic E-state index is 6.97. The Balaban J connectivity index is 4.78. The summed E-state index contributed by atoms with van der Waals surface area (Å²) in [5, 5.41) is 0. The summed E-state index contributed by atoms with van der Waals surface area (Å²) in [7, 11) is -3.42. The molecule has 0 aromatic carbocycles. The molecule has 0 aliphatic heterocycles. The van der Waals surface area contributed by atoms with E-state index < -0.39 is 16.6 Å². The molecule has 0 spiro atoms. The van der Waals surface area contributed by atoms with E-state index in [1.807, 2.05) is 0 Å². The average Bonchev–Trinajstić information content (AvgIpc) is 2.49. The maximum absolute atomic E-state index is 6.97. The van der Waals surface area contributed by atoms with E-state index in [0.29, 0.717) is 0 Å². The first-order valence-electron chi connectivity index (χ1n) is 9.93. The Morgan fingerprint density at radius 2 is 1.04 bits per heavy atom. The summed E-state index contributed by atoms with van der Waals surface area (Å²) < 4.78 is 6.97. The predicted molar refractivity (Wildman–Crippen MR) is 112 cm³/mol. The Morgan fingerprint density at radius 1 is 0.652 bits per heavy atom. The SMILES string of the molecule is CC=C[Si](C)(CCCCCC)O[Si](C)(C=CC)CCCCCC. The lowest BCUT2D eigenvalue weighted by atomic mass is 10.2. The smallest absolute Gasteiger partial charge is 0.201 e. The van der Waals surface area contributed by atoms with Crippen molar-refractivity contribution < 1.29 is 4.12 Å². The Bertz CT molecular complexity index is 309. The molecule has 0 bridgehead atoms. The van der Waals surface area contributed by atoms with Crippen LogP contribution in [-0.4, -0.2) is 16.6 Å². The van der Waals surface area contributed by atoms with Gasteiger partial charge in [-0.3, -0.25) is 0 Å². The van der Waals surface area contributed by atoms with Gasteiger partial charge < -0.3 is 4.12 Å². The zero-order valence-electron chi connectivity index (χ0n) is 16.8. The van der Waals surface area contributed by atoms with Gasteiger partial charge in [-0.05, 0) is 39.0 Å². The topological polar surface area (TPSA) is 9.23 Å². The van der Waals surface area contributed by atoms with Gasteiger partial charge in [0, 0.05) is 0 Å². The van der Waals surface area contributed by atoms with Gasteiger partial charge in [0.25, 0.3) is 0 Å². The molecule has 0 aliphatic carbocycles. The normalized spacial score (nSPS) is 17.7. The highest BCUT2D eigenvalue weighted by molar-refractivity contribution is 6.90. The van der Waals surface area contributed by atoms with Crippen LogP contribution in [0.5, 0.6) is 0 Å². The van der Waals surface area contributed by atoms with E-state index in [0.717, 1.165) is 0 Å². The lowest BCUT2D eigenvalue weighted by Gasteiger charge is -2.35. The number of allylic oxidation sites excluding steroid dienone is 2. The molecule has 0 aromatic rings. The molecule has 0 N–H and O–H groups in total. The molecule has 0 aromatic heterocycles. The summed E-state index contributed by atoms with van der Waals surface area (Å²) in [6.07, 6.45) is 15.2. The van der Waals surface area contributed by atoms with Crippen LogP contribution in [0.4, 0.5) is 0 Å². The molecule has 0 saturated carbocycles. The van der Waals surface area contributed by atoms with Crippen molar-refractivity contribution in [2.75, 3.05) is 0 Å². The standard InChI is InChI=1S/C20H42OSi2/c1-7-11-13-15-19-22(5,17-9-3)21-23(6,18-10-4)20-16-14-12-8-2/h9-10,17-18H,7-8,11-16,19-20H2,1-6H3. The van der Waals surface area contributed by atoms with Crippen molar-refractivity contribution in [3.8, 4) is 0 Å². The first-order chi connectivity index (χ1) is 10.9. The first-order valence-corrected chi connectivity index (χ1v) is 15.3. The molecule has 0 saturated heterocycles. The fraction of sp³-hybridized carbons (Fsp3) is 0.800. The van der Waals surface area contributed by atoms with E-state index >= 15 is 0 Å². The average molecular weight is 355 g/mol. The second kappa shape index (κ2) is 13.2. The second-order valence-corrected chi connectivity index (χ2v) is 15.1. The summed E-state index contributed by atoms with van der Waals surface area (Å²) in [5.41, 5.74) is 4.86. The Hall–Kier alpha value is -0.126. The van der Waals surface area contributed by atoms with E-state index in [2.05, 4.69) is 64.3 Å². The third kappa shape index (κ3) is 11.1. The van der Waals surface area contributed by atoms with Crippen LogP contribution < -0.4 is 0 Å². The quantitative estimate of drug-likeness (QED) is 0.231. The number of unbranched alkanes of at least 4 members (excludes halogenated alkanes) is 6. The van der Waals surface area contributed by atoms with E-state index in [4.69, 9.17) is 4.12 Å². The maximum Gasteiger partial charge on any atom is 0.201 e. The van der Waals surface area contributed by atoms with E-state index in [1.54, 1.807) is 0 Å². The van der Waals surface area contributed by atoms with Crippen molar-refractivity contribution in [1.82, 2.24) is 0 Å². The first kappa shape index (κ1) is 22.9. The summed E-state index contributed by atoms with van der Waals surface area (Å²) in [6.45, 7) is 13.7. The Labute approximate surface area is 148 Å². The zero-order valence-corrected chi connectivity index (χ0v) is 18.8. The van der Waals surface area contributed by atoms with Gasteiger partial charge in [0.15, 0.2) is 0 Å². The van der Waals surface area contributed by atoms with Gasteiger partial charge in [-0.15, -0.1) is 0 Å². The summed E-state index contributed by atoms with van der Waals surface area (Å²) in [4.78, 5) is 0. The van der Waals surface area contributed by atoms with Crippen LogP contribution in [-0.2, 0) is 4.12 Å². The van der Waals surface area contributed by atoms with Gasteiger partial charge in [-0.2, -0.15) is 0 Å². The summed E-state index contributed by atoms with van der Waals surface area (Å²) in [5.74, 6) is 0. The highest BCUT2D eigenvalue weighted by Crippen LogP contribution is 2.27. The van der Waals surface area contributed by atoms with Crippen molar-refractivity contribution in [2.45, 2.75) is 104 Å². The Kier molecular flexibility index (Phi) is 13.1. The zero-order chi connectivity index (χ0) is 17.6. The number of hydrogen-bond donors (Lipinski definition) is 0. The molecule has 0 rings (SSSR count). The molecule has 2 unspecified atom stereocenters. The third-order valence-corrected chi connectivity index (χ3v) is 13.1. The lowest BCUT2D eigenvalue weighted by Crippen LogP contribution is -2.46. The van der Waals surface area contributed by atoms with E-state index in [9.17, 15) is 0 Å². The molecular weight excluding hydrogens is 312 g/mol. The molecule has 23 heavy (non-hydrogen) atoms. The highest BCUT2D eigenvalue weighted by atomic mass is 28.4. The molecule has 0 fully saturated rings. The molecular formula is C20H42OSi2.